The molecule has 0 aliphatic heterocycles. The smallest absolute Gasteiger partial charge is 0.227 e. The molecule has 0 aliphatic carbocycles. The minimum absolute atomic E-state index is 0.286. The number of oxazole rings is 1. The van der Waals surface area contributed by atoms with Gasteiger partial charge in [-0.05, 0) is 28.1 Å². The molecule has 0 unspecified atom stereocenters. The van der Waals surface area contributed by atoms with E-state index in [0.29, 0.717) is 11.6 Å². The van der Waals surface area contributed by atoms with Crippen LogP contribution >= 0.6 is 15.9 Å². The van der Waals surface area contributed by atoms with E-state index in [2.05, 4.69) is 20.9 Å². The van der Waals surface area contributed by atoms with Crippen molar-refractivity contribution in [3.8, 4) is 11.5 Å². The average Bonchev–Trinajstić information content (AvgIpc) is 2.68. The van der Waals surface area contributed by atoms with Gasteiger partial charge in [0.05, 0.1) is 11.3 Å². The molecule has 0 saturated heterocycles. The Labute approximate surface area is 95.3 Å². The maximum atomic E-state index is 10.3. The van der Waals surface area contributed by atoms with E-state index < -0.39 is 0 Å². The summed E-state index contributed by atoms with van der Waals surface area (Å²) in [5.41, 5.74) is 1.53. The summed E-state index contributed by atoms with van der Waals surface area (Å²) >= 11 is 3.41. The Morgan fingerprint density at radius 3 is 2.93 bits per heavy atom. The molecule has 15 heavy (non-hydrogen) atoms. The van der Waals surface area contributed by atoms with E-state index in [0.717, 1.165) is 16.3 Å². The number of nitrogens with zero attached hydrogens (tertiary/aromatic N) is 1. The minimum atomic E-state index is 0.286. The summed E-state index contributed by atoms with van der Waals surface area (Å²) in [6, 6.07) is 7.64. The fourth-order valence-electron chi connectivity index (χ4n) is 1.24. The summed E-state index contributed by atoms with van der Waals surface area (Å²) in [7, 11) is 0. The predicted molar refractivity (Wildman–Crippen MR) is 59.4 cm³/mol. The SMILES string of the molecule is O=CCc1coc(-c2ccccc2Br)n1. The van der Waals surface area contributed by atoms with Gasteiger partial charge in [-0.25, -0.2) is 4.98 Å². The van der Waals surface area contributed by atoms with Gasteiger partial charge >= 0.3 is 0 Å². The quantitative estimate of drug-likeness (QED) is 0.802. The Hall–Kier alpha value is -1.42. The molecule has 0 spiro atoms. The van der Waals surface area contributed by atoms with Gasteiger partial charge in [0, 0.05) is 10.9 Å². The second-order valence-corrected chi connectivity index (χ2v) is 3.85. The molecule has 2 aromatic rings. The first kappa shape index (κ1) is 10.1. The highest BCUT2D eigenvalue weighted by Crippen LogP contribution is 2.26. The normalized spacial score (nSPS) is 10.2. The van der Waals surface area contributed by atoms with Crippen molar-refractivity contribution < 1.29 is 9.21 Å². The fourth-order valence-corrected chi connectivity index (χ4v) is 1.70. The molecule has 0 saturated carbocycles. The van der Waals surface area contributed by atoms with E-state index in [1.54, 1.807) is 0 Å². The number of hydrogen-bond acceptors (Lipinski definition) is 3. The number of carbonyl (C=O) groups excluding carboxylic acids is 1. The Morgan fingerprint density at radius 1 is 1.40 bits per heavy atom. The first-order valence-electron chi connectivity index (χ1n) is 4.44. The summed E-state index contributed by atoms with van der Waals surface area (Å²) in [5, 5.41) is 0. The van der Waals surface area contributed by atoms with Crippen molar-refractivity contribution >= 4 is 22.2 Å². The van der Waals surface area contributed by atoms with Crippen LogP contribution in [0, 0.1) is 0 Å². The maximum Gasteiger partial charge on any atom is 0.227 e. The molecule has 0 aliphatic rings. The molecule has 2 rings (SSSR count). The number of benzene rings is 1. The van der Waals surface area contributed by atoms with Gasteiger partial charge in [-0.15, -0.1) is 0 Å². The molecular weight excluding hydrogens is 258 g/mol. The van der Waals surface area contributed by atoms with Crippen molar-refractivity contribution in [2.45, 2.75) is 6.42 Å². The van der Waals surface area contributed by atoms with Crippen LogP contribution in [0.3, 0.4) is 0 Å². The molecule has 76 valence electrons. The molecule has 0 bridgehead atoms. The zero-order valence-corrected chi connectivity index (χ0v) is 9.40. The number of aldehydes is 1. The van der Waals surface area contributed by atoms with Crippen LogP contribution in [0.15, 0.2) is 39.4 Å². The lowest BCUT2D eigenvalue weighted by atomic mass is 10.2. The number of hydrogen-bond donors (Lipinski definition) is 0. The number of rotatable bonds is 3. The molecule has 0 amide bonds. The third-order valence-corrected chi connectivity index (χ3v) is 2.64. The summed E-state index contributed by atoms with van der Waals surface area (Å²) in [6.07, 6.45) is 2.60. The molecule has 1 aromatic heterocycles. The molecule has 0 N–H and O–H groups in total. The van der Waals surface area contributed by atoms with Crippen LogP contribution in [-0.4, -0.2) is 11.3 Å². The number of halogens is 1. The molecule has 0 radical (unpaired) electrons. The standard InChI is InChI=1S/C11H8BrNO2/c12-10-4-2-1-3-9(10)11-13-8(5-6-14)7-15-11/h1-4,6-7H,5H2. The summed E-state index contributed by atoms with van der Waals surface area (Å²) < 4.78 is 6.20. The third-order valence-electron chi connectivity index (χ3n) is 1.95. The van der Waals surface area contributed by atoms with Crippen LogP contribution in [0.1, 0.15) is 5.69 Å². The molecule has 4 heteroatoms. The lowest BCUT2D eigenvalue weighted by Gasteiger charge is -1.97. The van der Waals surface area contributed by atoms with Gasteiger partial charge < -0.3 is 9.21 Å². The lowest BCUT2D eigenvalue weighted by molar-refractivity contribution is -0.107. The second-order valence-electron chi connectivity index (χ2n) is 2.99. The van der Waals surface area contributed by atoms with Gasteiger partial charge in [0.25, 0.3) is 0 Å². The average molecular weight is 266 g/mol. The zero-order chi connectivity index (χ0) is 10.7. The Bertz CT molecular complexity index is 479. The van der Waals surface area contributed by atoms with Crippen LogP contribution in [0.4, 0.5) is 0 Å². The topological polar surface area (TPSA) is 43.1 Å². The zero-order valence-electron chi connectivity index (χ0n) is 7.81. The summed E-state index contributed by atoms with van der Waals surface area (Å²) in [4.78, 5) is 14.5. The first-order chi connectivity index (χ1) is 7.31. The summed E-state index contributed by atoms with van der Waals surface area (Å²) in [6.45, 7) is 0. The van der Waals surface area contributed by atoms with Crippen molar-refractivity contribution in [3.05, 3.63) is 40.7 Å². The van der Waals surface area contributed by atoms with Crippen molar-refractivity contribution in [1.82, 2.24) is 4.98 Å². The van der Waals surface area contributed by atoms with Crippen molar-refractivity contribution in [2.75, 3.05) is 0 Å². The van der Waals surface area contributed by atoms with Gasteiger partial charge in [0.1, 0.15) is 12.5 Å². The van der Waals surface area contributed by atoms with E-state index in [-0.39, 0.29) is 6.42 Å². The molecule has 1 heterocycles. The second kappa shape index (κ2) is 4.40. The van der Waals surface area contributed by atoms with Crippen molar-refractivity contribution in [1.29, 1.82) is 0 Å². The monoisotopic (exact) mass is 265 g/mol. The van der Waals surface area contributed by atoms with Gasteiger partial charge in [-0.1, -0.05) is 12.1 Å². The van der Waals surface area contributed by atoms with Crippen molar-refractivity contribution in [2.24, 2.45) is 0 Å². The van der Waals surface area contributed by atoms with E-state index >= 15 is 0 Å². The van der Waals surface area contributed by atoms with Gasteiger partial charge in [-0.2, -0.15) is 0 Å². The minimum Gasteiger partial charge on any atom is -0.444 e. The van der Waals surface area contributed by atoms with Crippen LogP contribution in [0.25, 0.3) is 11.5 Å². The highest BCUT2D eigenvalue weighted by molar-refractivity contribution is 9.10. The van der Waals surface area contributed by atoms with E-state index in [4.69, 9.17) is 4.42 Å². The molecule has 0 fully saturated rings. The van der Waals surface area contributed by atoms with E-state index in [1.165, 1.54) is 6.26 Å². The Kier molecular flexibility index (Phi) is 2.97. The largest absolute Gasteiger partial charge is 0.444 e. The first-order valence-corrected chi connectivity index (χ1v) is 5.23. The van der Waals surface area contributed by atoms with Crippen LogP contribution in [0.5, 0.6) is 0 Å². The van der Waals surface area contributed by atoms with Gasteiger partial charge in [0.2, 0.25) is 5.89 Å². The molecular formula is C11H8BrNO2. The van der Waals surface area contributed by atoms with Gasteiger partial charge in [-0.3, -0.25) is 0 Å². The van der Waals surface area contributed by atoms with Crippen LogP contribution in [-0.2, 0) is 11.2 Å². The molecule has 1 aromatic carbocycles. The van der Waals surface area contributed by atoms with Crippen LogP contribution < -0.4 is 0 Å². The summed E-state index contributed by atoms with van der Waals surface area (Å²) in [5.74, 6) is 0.527. The lowest BCUT2D eigenvalue weighted by Crippen LogP contribution is -1.85. The van der Waals surface area contributed by atoms with Crippen LogP contribution in [0.2, 0.25) is 0 Å². The maximum absolute atomic E-state index is 10.3. The number of aromatic nitrogens is 1. The molecule has 0 atom stereocenters. The highest BCUT2D eigenvalue weighted by atomic mass is 79.9. The Balaban J connectivity index is 2.37. The Morgan fingerprint density at radius 2 is 2.20 bits per heavy atom. The highest BCUT2D eigenvalue weighted by Gasteiger charge is 2.08. The van der Waals surface area contributed by atoms with Gasteiger partial charge in [0.15, 0.2) is 0 Å². The van der Waals surface area contributed by atoms with E-state index in [1.807, 2.05) is 24.3 Å². The third kappa shape index (κ3) is 2.15. The fraction of sp³-hybridized carbons (Fsp3) is 0.0909. The van der Waals surface area contributed by atoms with Crippen molar-refractivity contribution in [3.63, 3.8) is 0 Å². The predicted octanol–water partition coefficient (Wildman–Crippen LogP) is 2.85. The number of carbonyl (C=O) groups is 1. The van der Waals surface area contributed by atoms with E-state index in [9.17, 15) is 4.79 Å². The molecule has 3 nitrogen and oxygen atoms in total.